The predicted molar refractivity (Wildman–Crippen MR) is 77.3 cm³/mol. The third-order valence-corrected chi connectivity index (χ3v) is 3.16. The maximum absolute atomic E-state index is 11.8. The average molecular weight is 285 g/mol. The quantitative estimate of drug-likeness (QED) is 0.720. The van der Waals surface area contributed by atoms with Crippen molar-refractivity contribution in [2.24, 2.45) is 5.92 Å². The smallest absolute Gasteiger partial charge is 0.242 e. The zero-order chi connectivity index (χ0) is 15.1. The predicted octanol–water partition coefficient (Wildman–Crippen LogP) is -0.0160. The van der Waals surface area contributed by atoms with Crippen molar-refractivity contribution >= 4 is 11.8 Å². The van der Waals surface area contributed by atoms with E-state index in [1.807, 2.05) is 0 Å². The molecule has 0 aromatic carbocycles. The van der Waals surface area contributed by atoms with Crippen LogP contribution >= 0.6 is 0 Å². The fraction of sp³-hybridized carbons (Fsp3) is 0.857. The molecule has 2 N–H and O–H groups in total. The van der Waals surface area contributed by atoms with Crippen LogP contribution < -0.4 is 10.6 Å². The molecule has 20 heavy (non-hydrogen) atoms. The van der Waals surface area contributed by atoms with Crippen LogP contribution in [0.3, 0.4) is 0 Å². The van der Waals surface area contributed by atoms with Gasteiger partial charge in [-0.25, -0.2) is 0 Å². The van der Waals surface area contributed by atoms with Gasteiger partial charge in [0.25, 0.3) is 0 Å². The minimum atomic E-state index is -0.511. The fourth-order valence-corrected chi connectivity index (χ4v) is 2.32. The standard InChI is InChI=1S/C14H27N3O3/c1-10(2)8-17-5-6-20-13(9-17)7-15-14(19)11(3)16-12(4)18/h10-11,13H,5-9H2,1-4H3,(H,15,19)(H,16,18). The molecule has 2 atom stereocenters. The van der Waals surface area contributed by atoms with Gasteiger partial charge >= 0.3 is 0 Å². The Labute approximate surface area is 121 Å². The van der Waals surface area contributed by atoms with Crippen molar-refractivity contribution < 1.29 is 14.3 Å². The Kier molecular flexibility index (Phi) is 6.95. The molecule has 6 nitrogen and oxygen atoms in total. The normalized spacial score (nSPS) is 21.6. The molecular formula is C14H27N3O3. The molecule has 1 heterocycles. The van der Waals surface area contributed by atoms with Crippen molar-refractivity contribution in [1.29, 1.82) is 0 Å². The van der Waals surface area contributed by atoms with Crippen LogP contribution in [0.25, 0.3) is 0 Å². The number of carbonyl (C=O) groups is 2. The highest BCUT2D eigenvalue weighted by Gasteiger charge is 2.22. The maximum Gasteiger partial charge on any atom is 0.242 e. The van der Waals surface area contributed by atoms with Crippen LogP contribution in [0.15, 0.2) is 0 Å². The number of ether oxygens (including phenoxy) is 1. The zero-order valence-electron chi connectivity index (χ0n) is 12.9. The highest BCUT2D eigenvalue weighted by atomic mass is 16.5. The first kappa shape index (κ1) is 16.9. The van der Waals surface area contributed by atoms with Gasteiger partial charge in [-0.15, -0.1) is 0 Å². The first-order chi connectivity index (χ1) is 9.38. The second-order valence-corrected chi connectivity index (χ2v) is 5.81. The second kappa shape index (κ2) is 8.21. The first-order valence-electron chi connectivity index (χ1n) is 7.27. The molecule has 0 spiro atoms. The van der Waals surface area contributed by atoms with E-state index in [0.29, 0.717) is 19.1 Å². The van der Waals surface area contributed by atoms with Gasteiger partial charge in [0.05, 0.1) is 12.7 Å². The number of hydrogen-bond donors (Lipinski definition) is 2. The SMILES string of the molecule is CC(=O)NC(C)C(=O)NCC1CN(CC(C)C)CCO1. The Morgan fingerprint density at radius 1 is 1.35 bits per heavy atom. The van der Waals surface area contributed by atoms with Crippen LogP contribution in [-0.2, 0) is 14.3 Å². The lowest BCUT2D eigenvalue weighted by molar-refractivity contribution is -0.128. The van der Waals surface area contributed by atoms with E-state index in [1.54, 1.807) is 6.92 Å². The molecule has 1 fully saturated rings. The Balaban J connectivity index is 2.30. The van der Waals surface area contributed by atoms with Gasteiger partial charge in [0.2, 0.25) is 11.8 Å². The number of carbonyl (C=O) groups excluding carboxylic acids is 2. The van der Waals surface area contributed by atoms with Gasteiger partial charge in [-0.05, 0) is 12.8 Å². The lowest BCUT2D eigenvalue weighted by Crippen LogP contribution is -2.51. The summed E-state index contributed by atoms with van der Waals surface area (Å²) < 4.78 is 5.66. The molecule has 0 aromatic rings. The monoisotopic (exact) mass is 285 g/mol. The molecule has 1 aliphatic heterocycles. The molecule has 2 amide bonds. The minimum absolute atomic E-state index is 0.0241. The summed E-state index contributed by atoms with van der Waals surface area (Å²) in [6, 6.07) is -0.511. The van der Waals surface area contributed by atoms with Crippen LogP contribution in [0.5, 0.6) is 0 Å². The Bertz CT molecular complexity index is 334. The summed E-state index contributed by atoms with van der Waals surface area (Å²) in [6.45, 7) is 11.5. The molecule has 0 bridgehead atoms. The van der Waals surface area contributed by atoms with E-state index in [2.05, 4.69) is 29.4 Å². The van der Waals surface area contributed by atoms with Crippen molar-refractivity contribution in [3.63, 3.8) is 0 Å². The van der Waals surface area contributed by atoms with Crippen LogP contribution in [0, 0.1) is 5.92 Å². The second-order valence-electron chi connectivity index (χ2n) is 5.81. The molecule has 6 heteroatoms. The average Bonchev–Trinajstić information content (AvgIpc) is 2.34. The summed E-state index contributed by atoms with van der Waals surface area (Å²) in [5, 5.41) is 5.39. The molecule has 1 aliphatic rings. The van der Waals surface area contributed by atoms with Gasteiger partial charge < -0.3 is 15.4 Å². The number of hydrogen-bond acceptors (Lipinski definition) is 4. The van der Waals surface area contributed by atoms with Crippen molar-refractivity contribution in [3.8, 4) is 0 Å². The Hall–Kier alpha value is -1.14. The molecular weight excluding hydrogens is 258 g/mol. The van der Waals surface area contributed by atoms with Gasteiger partial charge in [-0.1, -0.05) is 13.8 Å². The van der Waals surface area contributed by atoms with E-state index in [-0.39, 0.29) is 17.9 Å². The van der Waals surface area contributed by atoms with Gasteiger partial charge in [0.1, 0.15) is 6.04 Å². The van der Waals surface area contributed by atoms with Crippen LogP contribution in [0.4, 0.5) is 0 Å². The molecule has 0 aliphatic carbocycles. The van der Waals surface area contributed by atoms with Crippen molar-refractivity contribution in [3.05, 3.63) is 0 Å². The van der Waals surface area contributed by atoms with Crippen molar-refractivity contribution in [1.82, 2.24) is 15.5 Å². The Morgan fingerprint density at radius 3 is 2.65 bits per heavy atom. The fourth-order valence-electron chi connectivity index (χ4n) is 2.32. The molecule has 0 radical (unpaired) electrons. The molecule has 2 unspecified atom stereocenters. The number of rotatable bonds is 6. The van der Waals surface area contributed by atoms with E-state index in [1.165, 1.54) is 6.92 Å². The molecule has 1 rings (SSSR count). The van der Waals surface area contributed by atoms with E-state index in [0.717, 1.165) is 19.6 Å². The van der Waals surface area contributed by atoms with E-state index < -0.39 is 6.04 Å². The summed E-state index contributed by atoms with van der Waals surface area (Å²) in [6.07, 6.45) is 0.0241. The van der Waals surface area contributed by atoms with E-state index in [4.69, 9.17) is 4.74 Å². The number of amides is 2. The van der Waals surface area contributed by atoms with Gasteiger partial charge in [-0.3, -0.25) is 14.5 Å². The summed E-state index contributed by atoms with van der Waals surface area (Å²) >= 11 is 0. The lowest BCUT2D eigenvalue weighted by Gasteiger charge is -2.34. The third kappa shape index (κ3) is 6.34. The highest BCUT2D eigenvalue weighted by Crippen LogP contribution is 2.07. The molecule has 0 aromatic heterocycles. The summed E-state index contributed by atoms with van der Waals surface area (Å²) in [4.78, 5) is 25.0. The maximum atomic E-state index is 11.8. The van der Waals surface area contributed by atoms with Crippen LogP contribution in [0.1, 0.15) is 27.7 Å². The first-order valence-corrected chi connectivity index (χ1v) is 7.27. The van der Waals surface area contributed by atoms with Crippen molar-refractivity contribution in [2.45, 2.75) is 39.8 Å². The van der Waals surface area contributed by atoms with E-state index in [9.17, 15) is 9.59 Å². The summed E-state index contributed by atoms with van der Waals surface area (Å²) in [5.74, 6) is 0.248. The lowest BCUT2D eigenvalue weighted by atomic mass is 10.2. The third-order valence-electron chi connectivity index (χ3n) is 3.16. The number of morpholine rings is 1. The Morgan fingerprint density at radius 2 is 2.05 bits per heavy atom. The van der Waals surface area contributed by atoms with Crippen LogP contribution in [0.2, 0.25) is 0 Å². The summed E-state index contributed by atoms with van der Waals surface area (Å²) in [5.41, 5.74) is 0. The summed E-state index contributed by atoms with van der Waals surface area (Å²) in [7, 11) is 0. The van der Waals surface area contributed by atoms with E-state index >= 15 is 0 Å². The zero-order valence-corrected chi connectivity index (χ0v) is 12.9. The van der Waals surface area contributed by atoms with Gasteiger partial charge in [0, 0.05) is 33.1 Å². The number of nitrogens with one attached hydrogen (secondary N) is 2. The molecule has 116 valence electrons. The van der Waals surface area contributed by atoms with Gasteiger partial charge in [0.15, 0.2) is 0 Å². The molecule has 1 saturated heterocycles. The van der Waals surface area contributed by atoms with Crippen molar-refractivity contribution in [2.75, 3.05) is 32.8 Å². The minimum Gasteiger partial charge on any atom is -0.374 e. The van der Waals surface area contributed by atoms with Gasteiger partial charge in [-0.2, -0.15) is 0 Å². The topological polar surface area (TPSA) is 70.7 Å². The molecule has 0 saturated carbocycles. The van der Waals surface area contributed by atoms with Crippen LogP contribution in [-0.4, -0.2) is 61.6 Å². The highest BCUT2D eigenvalue weighted by molar-refractivity contribution is 5.86. The largest absolute Gasteiger partial charge is 0.374 e. The number of nitrogens with zero attached hydrogens (tertiary/aromatic N) is 1.